The highest BCUT2D eigenvalue weighted by Crippen LogP contribution is 2.33. The molecule has 1 aromatic rings. The van der Waals surface area contributed by atoms with Gasteiger partial charge in [-0.1, -0.05) is 11.6 Å². The molecule has 2 rings (SSSR count). The molecule has 0 aromatic carbocycles. The Morgan fingerprint density at radius 3 is 2.71 bits per heavy atom. The minimum absolute atomic E-state index is 0.0904. The van der Waals surface area contributed by atoms with Crippen molar-refractivity contribution in [3.05, 3.63) is 23.5 Å². The molecule has 1 heterocycles. The van der Waals surface area contributed by atoms with Crippen molar-refractivity contribution in [1.82, 2.24) is 9.71 Å². The molecule has 0 aliphatic heterocycles. The predicted octanol–water partition coefficient (Wildman–Crippen LogP) is 1.46. The molecule has 0 saturated heterocycles. The fraction of sp³-hybridized carbons (Fsp3) is 0.400. The number of nitrogens with one attached hydrogen (secondary N) is 1. The van der Waals surface area contributed by atoms with E-state index < -0.39 is 15.6 Å². The van der Waals surface area contributed by atoms with E-state index in [4.69, 9.17) is 16.9 Å². The zero-order chi connectivity index (χ0) is 12.5. The minimum atomic E-state index is -3.79. The Morgan fingerprint density at radius 2 is 2.24 bits per heavy atom. The van der Waals surface area contributed by atoms with E-state index in [0.29, 0.717) is 12.8 Å². The first kappa shape index (κ1) is 12.3. The van der Waals surface area contributed by atoms with Gasteiger partial charge in [-0.2, -0.15) is 9.98 Å². The third kappa shape index (κ3) is 2.27. The van der Waals surface area contributed by atoms with Crippen molar-refractivity contribution in [2.24, 2.45) is 0 Å². The van der Waals surface area contributed by atoms with Crippen molar-refractivity contribution in [3.8, 4) is 6.07 Å². The molecule has 0 amide bonds. The van der Waals surface area contributed by atoms with Crippen molar-refractivity contribution in [2.45, 2.75) is 29.7 Å². The van der Waals surface area contributed by atoms with Gasteiger partial charge in [0.15, 0.2) is 0 Å². The largest absolute Gasteiger partial charge is 0.245 e. The molecule has 5 nitrogen and oxygen atoms in total. The monoisotopic (exact) mass is 271 g/mol. The summed E-state index contributed by atoms with van der Waals surface area (Å²) in [6.07, 6.45) is 3.31. The van der Waals surface area contributed by atoms with Crippen molar-refractivity contribution < 1.29 is 8.42 Å². The number of rotatable bonds is 3. The topological polar surface area (TPSA) is 82.9 Å². The SMILES string of the molecule is N#CC1(NS(=O)(=O)c2cccnc2Cl)CCC1. The number of pyridine rings is 1. The van der Waals surface area contributed by atoms with Crippen LogP contribution in [0.3, 0.4) is 0 Å². The van der Waals surface area contributed by atoms with E-state index in [-0.39, 0.29) is 10.0 Å². The molecule has 0 unspecified atom stereocenters. The lowest BCUT2D eigenvalue weighted by Crippen LogP contribution is -2.52. The molecule has 90 valence electrons. The Bertz CT molecular complexity index is 575. The number of hydrogen-bond donors (Lipinski definition) is 1. The van der Waals surface area contributed by atoms with Crippen molar-refractivity contribution in [1.29, 1.82) is 5.26 Å². The van der Waals surface area contributed by atoms with Gasteiger partial charge in [-0.15, -0.1) is 0 Å². The second kappa shape index (κ2) is 4.26. The summed E-state index contributed by atoms with van der Waals surface area (Å²) >= 11 is 5.73. The third-order valence-corrected chi connectivity index (χ3v) is 4.75. The summed E-state index contributed by atoms with van der Waals surface area (Å²) in [4.78, 5) is 3.61. The average molecular weight is 272 g/mol. The molecule has 0 spiro atoms. The summed E-state index contributed by atoms with van der Waals surface area (Å²) in [5, 5.41) is 8.90. The highest BCUT2D eigenvalue weighted by Gasteiger charge is 2.41. The van der Waals surface area contributed by atoms with E-state index >= 15 is 0 Å². The van der Waals surface area contributed by atoms with Crippen molar-refractivity contribution in [2.75, 3.05) is 0 Å². The molecule has 1 aromatic heterocycles. The zero-order valence-electron chi connectivity index (χ0n) is 8.85. The van der Waals surface area contributed by atoms with Crippen molar-refractivity contribution >= 4 is 21.6 Å². The number of nitriles is 1. The third-order valence-electron chi connectivity index (χ3n) is 2.77. The van der Waals surface area contributed by atoms with Crippen LogP contribution in [0, 0.1) is 11.3 Å². The number of sulfonamides is 1. The Morgan fingerprint density at radius 1 is 1.53 bits per heavy atom. The summed E-state index contributed by atoms with van der Waals surface area (Å²) in [5.74, 6) is 0. The van der Waals surface area contributed by atoms with Gasteiger partial charge in [-0.05, 0) is 31.4 Å². The van der Waals surface area contributed by atoms with Crippen molar-refractivity contribution in [3.63, 3.8) is 0 Å². The maximum atomic E-state index is 12.0. The molecule has 17 heavy (non-hydrogen) atoms. The van der Waals surface area contributed by atoms with E-state index in [0.717, 1.165) is 6.42 Å². The standard InChI is InChI=1S/C10H10ClN3O2S/c11-9-8(3-1-6-13-9)17(15,16)14-10(7-12)4-2-5-10/h1,3,6,14H,2,4-5H2. The van der Waals surface area contributed by atoms with Gasteiger partial charge in [-0.3, -0.25) is 0 Å². The highest BCUT2D eigenvalue weighted by molar-refractivity contribution is 7.89. The normalized spacial score (nSPS) is 18.1. The van der Waals surface area contributed by atoms with E-state index in [9.17, 15) is 8.42 Å². The Hall–Kier alpha value is -1.16. The Balaban J connectivity index is 2.33. The highest BCUT2D eigenvalue weighted by atomic mass is 35.5. The first-order valence-corrected chi connectivity index (χ1v) is 6.91. The molecule has 1 fully saturated rings. The lowest BCUT2D eigenvalue weighted by Gasteiger charge is -2.35. The maximum Gasteiger partial charge on any atom is 0.245 e. The van der Waals surface area contributed by atoms with Crippen LogP contribution in [0.1, 0.15) is 19.3 Å². The summed E-state index contributed by atoms with van der Waals surface area (Å²) in [6, 6.07) is 4.86. The summed E-state index contributed by atoms with van der Waals surface area (Å²) in [7, 11) is -3.79. The number of halogens is 1. The molecule has 7 heteroatoms. The van der Waals surface area contributed by atoms with Gasteiger partial charge in [0.2, 0.25) is 10.0 Å². The van der Waals surface area contributed by atoms with Gasteiger partial charge < -0.3 is 0 Å². The second-order valence-corrected chi connectivity index (χ2v) is 5.95. The molecule has 1 saturated carbocycles. The van der Waals surface area contributed by atoms with Gasteiger partial charge in [-0.25, -0.2) is 13.4 Å². The first-order valence-electron chi connectivity index (χ1n) is 5.05. The molecule has 1 N–H and O–H groups in total. The minimum Gasteiger partial charge on any atom is -0.243 e. The number of aromatic nitrogens is 1. The Kier molecular flexibility index (Phi) is 3.08. The molecule has 0 atom stereocenters. The maximum absolute atomic E-state index is 12.0. The van der Waals surface area contributed by atoms with E-state index in [1.807, 2.05) is 6.07 Å². The fourth-order valence-corrected chi connectivity index (χ4v) is 3.48. The zero-order valence-corrected chi connectivity index (χ0v) is 10.4. The number of nitrogens with zero attached hydrogens (tertiary/aromatic N) is 2. The molecular weight excluding hydrogens is 262 g/mol. The van der Waals surface area contributed by atoms with E-state index in [1.54, 1.807) is 0 Å². The van der Waals surface area contributed by atoms with Crippen LogP contribution in [0.5, 0.6) is 0 Å². The first-order chi connectivity index (χ1) is 7.99. The molecule has 0 radical (unpaired) electrons. The molecule has 1 aliphatic carbocycles. The van der Waals surface area contributed by atoms with Crippen LogP contribution in [-0.4, -0.2) is 18.9 Å². The lowest BCUT2D eigenvalue weighted by atomic mass is 9.79. The average Bonchev–Trinajstić information content (AvgIpc) is 2.24. The van der Waals surface area contributed by atoms with Gasteiger partial charge in [0.05, 0.1) is 6.07 Å². The number of hydrogen-bond acceptors (Lipinski definition) is 4. The van der Waals surface area contributed by atoms with E-state index in [2.05, 4.69) is 9.71 Å². The van der Waals surface area contributed by atoms with Crippen LogP contribution in [-0.2, 0) is 10.0 Å². The van der Waals surface area contributed by atoms with Crippen LogP contribution in [0.4, 0.5) is 0 Å². The van der Waals surface area contributed by atoms with Gasteiger partial charge >= 0.3 is 0 Å². The van der Waals surface area contributed by atoms with E-state index in [1.165, 1.54) is 18.3 Å². The van der Waals surface area contributed by atoms with Crippen LogP contribution in [0.15, 0.2) is 23.2 Å². The Labute approximate surface area is 104 Å². The van der Waals surface area contributed by atoms with Crippen LogP contribution in [0.2, 0.25) is 5.15 Å². The second-order valence-electron chi connectivity index (χ2n) is 3.95. The summed E-state index contributed by atoms with van der Waals surface area (Å²) in [5.41, 5.74) is -0.974. The predicted molar refractivity (Wildman–Crippen MR) is 61.8 cm³/mol. The summed E-state index contributed by atoms with van der Waals surface area (Å²) in [6.45, 7) is 0. The van der Waals surface area contributed by atoms with Crippen LogP contribution < -0.4 is 4.72 Å². The smallest absolute Gasteiger partial charge is 0.243 e. The lowest BCUT2D eigenvalue weighted by molar-refractivity contribution is 0.296. The van der Waals surface area contributed by atoms with Gasteiger partial charge in [0, 0.05) is 6.20 Å². The van der Waals surface area contributed by atoms with Crippen LogP contribution in [0.25, 0.3) is 0 Å². The van der Waals surface area contributed by atoms with Gasteiger partial charge in [0.1, 0.15) is 15.6 Å². The molecular formula is C10H10ClN3O2S. The molecule has 1 aliphatic rings. The van der Waals surface area contributed by atoms with Crippen LogP contribution >= 0.6 is 11.6 Å². The fourth-order valence-electron chi connectivity index (χ4n) is 1.65. The quantitative estimate of drug-likeness (QED) is 0.844. The summed E-state index contributed by atoms with van der Waals surface area (Å²) < 4.78 is 26.5. The van der Waals surface area contributed by atoms with Gasteiger partial charge in [0.25, 0.3) is 0 Å². The molecule has 0 bridgehead atoms.